The molecule has 0 aromatic heterocycles. The van der Waals surface area contributed by atoms with Crippen molar-refractivity contribution >= 4 is 5.97 Å². The molecule has 0 N–H and O–H groups in total. The first kappa shape index (κ1) is 13.1. The van der Waals surface area contributed by atoms with Crippen LogP contribution in [0.5, 0.6) is 0 Å². The van der Waals surface area contributed by atoms with Crippen molar-refractivity contribution in [1.82, 2.24) is 0 Å². The molecule has 1 aromatic rings. The van der Waals surface area contributed by atoms with Crippen LogP contribution in [0.15, 0.2) is 24.3 Å². The minimum atomic E-state index is -0.347. The lowest BCUT2D eigenvalue weighted by molar-refractivity contribution is 0.00951. The highest BCUT2D eigenvalue weighted by molar-refractivity contribution is 5.89. The molecule has 1 aliphatic carbocycles. The molecule has 1 aromatic carbocycles. The Balaban J connectivity index is 1.90. The summed E-state index contributed by atoms with van der Waals surface area (Å²) >= 11 is 0. The molecular formula is C15H19FO2. The minimum absolute atomic E-state index is 0.00979. The molecule has 2 nitrogen and oxygen atoms in total. The Morgan fingerprint density at radius 3 is 2.33 bits per heavy atom. The van der Waals surface area contributed by atoms with Crippen LogP contribution in [0.2, 0.25) is 0 Å². The second-order valence-corrected chi connectivity index (χ2v) is 5.78. The van der Waals surface area contributed by atoms with E-state index in [1.807, 2.05) is 0 Å². The summed E-state index contributed by atoms with van der Waals surface area (Å²) in [6, 6.07) is 5.48. The Labute approximate surface area is 107 Å². The third-order valence-corrected chi connectivity index (χ3v) is 3.64. The Morgan fingerprint density at radius 1 is 1.22 bits per heavy atom. The summed E-state index contributed by atoms with van der Waals surface area (Å²) in [7, 11) is 0. The third-order valence-electron chi connectivity index (χ3n) is 3.64. The van der Waals surface area contributed by atoms with Gasteiger partial charge in [-0.25, -0.2) is 9.18 Å². The van der Waals surface area contributed by atoms with Crippen molar-refractivity contribution in [2.75, 3.05) is 0 Å². The number of carbonyl (C=O) groups is 1. The number of halogens is 1. The zero-order valence-electron chi connectivity index (χ0n) is 10.9. The molecule has 1 saturated carbocycles. The summed E-state index contributed by atoms with van der Waals surface area (Å²) in [6.07, 6.45) is 4.00. The zero-order chi connectivity index (χ0) is 13.2. The Bertz CT molecular complexity index is 413. The van der Waals surface area contributed by atoms with E-state index in [-0.39, 0.29) is 17.9 Å². The van der Waals surface area contributed by atoms with E-state index >= 15 is 0 Å². The molecule has 0 heterocycles. The first-order valence-corrected chi connectivity index (χ1v) is 6.43. The second kappa shape index (κ2) is 5.09. The summed E-state index contributed by atoms with van der Waals surface area (Å²) in [5.74, 6) is -0.689. The van der Waals surface area contributed by atoms with Gasteiger partial charge >= 0.3 is 5.97 Å². The lowest BCUT2D eigenvalue weighted by atomic mass is 9.76. The van der Waals surface area contributed by atoms with Gasteiger partial charge in [-0.1, -0.05) is 13.8 Å². The van der Waals surface area contributed by atoms with Gasteiger partial charge in [-0.05, 0) is 55.4 Å². The van der Waals surface area contributed by atoms with Gasteiger partial charge in [0.1, 0.15) is 11.9 Å². The van der Waals surface area contributed by atoms with Crippen molar-refractivity contribution < 1.29 is 13.9 Å². The van der Waals surface area contributed by atoms with E-state index in [4.69, 9.17) is 4.74 Å². The van der Waals surface area contributed by atoms with Crippen LogP contribution in [0.1, 0.15) is 49.9 Å². The fourth-order valence-electron chi connectivity index (χ4n) is 2.30. The molecule has 0 bridgehead atoms. The van der Waals surface area contributed by atoms with Crippen molar-refractivity contribution in [1.29, 1.82) is 0 Å². The van der Waals surface area contributed by atoms with Gasteiger partial charge in [-0.3, -0.25) is 0 Å². The highest BCUT2D eigenvalue weighted by Crippen LogP contribution is 2.36. The highest BCUT2D eigenvalue weighted by Gasteiger charge is 2.28. The van der Waals surface area contributed by atoms with E-state index in [1.165, 1.54) is 24.3 Å². The molecule has 0 radical (unpaired) electrons. The summed E-state index contributed by atoms with van der Waals surface area (Å²) in [4.78, 5) is 11.8. The fraction of sp³-hybridized carbons (Fsp3) is 0.533. The molecule has 2 rings (SSSR count). The number of ether oxygens (including phenoxy) is 1. The van der Waals surface area contributed by atoms with Gasteiger partial charge < -0.3 is 4.74 Å². The molecular weight excluding hydrogens is 231 g/mol. The van der Waals surface area contributed by atoms with Crippen LogP contribution in [-0.2, 0) is 4.74 Å². The standard InChI is InChI=1S/C15H19FO2/c1-15(2)9-7-13(8-10-15)18-14(17)11-3-5-12(16)6-4-11/h3-6,13H,7-10H2,1-2H3. The molecule has 0 unspecified atom stereocenters. The largest absolute Gasteiger partial charge is 0.459 e. The maximum atomic E-state index is 12.7. The zero-order valence-corrected chi connectivity index (χ0v) is 10.9. The molecule has 0 atom stereocenters. The van der Waals surface area contributed by atoms with Crippen LogP contribution in [0.4, 0.5) is 4.39 Å². The van der Waals surface area contributed by atoms with Crippen molar-refractivity contribution in [3.05, 3.63) is 35.6 Å². The number of esters is 1. The summed E-state index contributed by atoms with van der Waals surface area (Å²) in [5, 5.41) is 0. The SMILES string of the molecule is CC1(C)CCC(OC(=O)c2ccc(F)cc2)CC1. The molecule has 0 saturated heterocycles. The average Bonchev–Trinajstić information content (AvgIpc) is 2.33. The van der Waals surface area contributed by atoms with Gasteiger partial charge in [-0.15, -0.1) is 0 Å². The normalized spacial score (nSPS) is 19.5. The molecule has 18 heavy (non-hydrogen) atoms. The number of benzene rings is 1. The van der Waals surface area contributed by atoms with E-state index < -0.39 is 0 Å². The van der Waals surface area contributed by atoms with E-state index in [1.54, 1.807) is 0 Å². The van der Waals surface area contributed by atoms with Gasteiger partial charge in [0.05, 0.1) is 5.56 Å². The van der Waals surface area contributed by atoms with Crippen LogP contribution in [0.3, 0.4) is 0 Å². The summed E-state index contributed by atoms with van der Waals surface area (Å²) in [5.41, 5.74) is 0.778. The quantitative estimate of drug-likeness (QED) is 0.743. The van der Waals surface area contributed by atoms with E-state index in [0.717, 1.165) is 25.7 Å². The monoisotopic (exact) mass is 250 g/mol. The number of hydrogen-bond acceptors (Lipinski definition) is 2. The predicted octanol–water partition coefficient (Wildman–Crippen LogP) is 3.95. The van der Waals surface area contributed by atoms with Crippen molar-refractivity contribution in [3.8, 4) is 0 Å². The maximum absolute atomic E-state index is 12.7. The van der Waals surface area contributed by atoms with Crippen LogP contribution in [-0.4, -0.2) is 12.1 Å². The lowest BCUT2D eigenvalue weighted by Crippen LogP contribution is -2.28. The van der Waals surface area contributed by atoms with Crippen LogP contribution >= 0.6 is 0 Å². The topological polar surface area (TPSA) is 26.3 Å². The van der Waals surface area contributed by atoms with Crippen LogP contribution in [0.25, 0.3) is 0 Å². The van der Waals surface area contributed by atoms with Gasteiger partial charge in [-0.2, -0.15) is 0 Å². The molecule has 98 valence electrons. The van der Waals surface area contributed by atoms with Crippen molar-refractivity contribution in [2.24, 2.45) is 5.41 Å². The van der Waals surface area contributed by atoms with E-state index in [2.05, 4.69) is 13.8 Å². The van der Waals surface area contributed by atoms with Gasteiger partial charge in [0, 0.05) is 0 Å². The first-order chi connectivity index (χ1) is 8.46. The summed E-state index contributed by atoms with van der Waals surface area (Å²) in [6.45, 7) is 4.48. The second-order valence-electron chi connectivity index (χ2n) is 5.78. The molecule has 0 aliphatic heterocycles. The minimum Gasteiger partial charge on any atom is -0.459 e. The van der Waals surface area contributed by atoms with Gasteiger partial charge in [0.15, 0.2) is 0 Å². The predicted molar refractivity (Wildman–Crippen MR) is 67.9 cm³/mol. The maximum Gasteiger partial charge on any atom is 0.338 e. The Hall–Kier alpha value is -1.38. The molecule has 1 fully saturated rings. The molecule has 3 heteroatoms. The number of carbonyl (C=O) groups excluding carboxylic acids is 1. The van der Waals surface area contributed by atoms with Crippen LogP contribution < -0.4 is 0 Å². The third kappa shape index (κ3) is 3.31. The first-order valence-electron chi connectivity index (χ1n) is 6.43. The number of rotatable bonds is 2. The van der Waals surface area contributed by atoms with E-state index in [0.29, 0.717) is 11.0 Å². The van der Waals surface area contributed by atoms with E-state index in [9.17, 15) is 9.18 Å². The van der Waals surface area contributed by atoms with Crippen molar-refractivity contribution in [3.63, 3.8) is 0 Å². The lowest BCUT2D eigenvalue weighted by Gasteiger charge is -2.33. The highest BCUT2D eigenvalue weighted by atomic mass is 19.1. The Kier molecular flexibility index (Phi) is 3.69. The average molecular weight is 250 g/mol. The fourth-order valence-corrected chi connectivity index (χ4v) is 2.30. The molecule has 0 amide bonds. The number of hydrogen-bond donors (Lipinski definition) is 0. The molecule has 0 spiro atoms. The van der Waals surface area contributed by atoms with Gasteiger partial charge in [0.2, 0.25) is 0 Å². The summed E-state index contributed by atoms with van der Waals surface area (Å²) < 4.78 is 18.2. The van der Waals surface area contributed by atoms with Crippen molar-refractivity contribution in [2.45, 2.75) is 45.6 Å². The molecule has 1 aliphatic rings. The smallest absolute Gasteiger partial charge is 0.338 e. The Morgan fingerprint density at radius 2 is 1.78 bits per heavy atom. The van der Waals surface area contributed by atoms with Gasteiger partial charge in [0.25, 0.3) is 0 Å². The van der Waals surface area contributed by atoms with Crippen LogP contribution in [0, 0.1) is 11.2 Å².